The van der Waals surface area contributed by atoms with Gasteiger partial charge in [-0.1, -0.05) is 15.9 Å². The summed E-state index contributed by atoms with van der Waals surface area (Å²) in [6, 6.07) is 0. The minimum Gasteiger partial charge on any atom is -0.343 e. The van der Waals surface area contributed by atoms with E-state index in [4.69, 9.17) is 0 Å². The van der Waals surface area contributed by atoms with Crippen molar-refractivity contribution >= 4 is 21.9 Å². The van der Waals surface area contributed by atoms with Gasteiger partial charge in [0.25, 0.3) is 0 Å². The van der Waals surface area contributed by atoms with E-state index in [2.05, 4.69) is 25.9 Å². The lowest BCUT2D eigenvalue weighted by Crippen LogP contribution is -2.21. The van der Waals surface area contributed by atoms with Gasteiger partial charge in [-0.25, -0.2) is 9.97 Å². The van der Waals surface area contributed by atoms with Crippen molar-refractivity contribution in [3.05, 3.63) is 18.0 Å². The topological polar surface area (TPSA) is 29.0 Å². The van der Waals surface area contributed by atoms with Gasteiger partial charge in [0.1, 0.15) is 0 Å². The zero-order valence-electron chi connectivity index (χ0n) is 7.29. The highest BCUT2D eigenvalue weighted by Crippen LogP contribution is 2.03. The third-order valence-corrected chi connectivity index (χ3v) is 1.88. The fourth-order valence-corrected chi connectivity index (χ4v) is 1.34. The first kappa shape index (κ1) is 9.45. The predicted octanol–water partition coefficient (Wildman–Crippen LogP) is 1.62. The average Bonchev–Trinajstić information content (AvgIpc) is 2.06. The highest BCUT2D eigenvalue weighted by molar-refractivity contribution is 9.09. The van der Waals surface area contributed by atoms with Crippen LogP contribution in [0.15, 0.2) is 12.4 Å². The maximum Gasteiger partial charge on any atom is 0.225 e. The summed E-state index contributed by atoms with van der Waals surface area (Å²) in [6.07, 6.45) is 3.65. The first-order chi connectivity index (χ1) is 5.74. The molecule has 0 atom stereocenters. The molecule has 1 rings (SSSR count). The van der Waals surface area contributed by atoms with E-state index in [-0.39, 0.29) is 0 Å². The molecule has 1 aromatic heterocycles. The molecule has 4 heteroatoms. The maximum absolute atomic E-state index is 4.19. The molecule has 0 N–H and O–H groups in total. The van der Waals surface area contributed by atoms with Crippen molar-refractivity contribution in [1.82, 2.24) is 9.97 Å². The lowest BCUT2D eigenvalue weighted by Gasteiger charge is -2.14. The SMILES string of the molecule is Cc1cnc(N(C)CCBr)nc1. The number of aromatic nitrogens is 2. The summed E-state index contributed by atoms with van der Waals surface area (Å²) < 4.78 is 0. The predicted molar refractivity (Wildman–Crippen MR) is 53.8 cm³/mol. The molecule has 0 aromatic carbocycles. The Morgan fingerprint density at radius 1 is 1.42 bits per heavy atom. The molecule has 0 saturated heterocycles. The lowest BCUT2D eigenvalue weighted by molar-refractivity contribution is 0.906. The van der Waals surface area contributed by atoms with Crippen molar-refractivity contribution in [3.8, 4) is 0 Å². The molecule has 0 spiro atoms. The Morgan fingerprint density at radius 3 is 2.50 bits per heavy atom. The molecule has 0 aliphatic heterocycles. The molecule has 0 bridgehead atoms. The minimum absolute atomic E-state index is 0.778. The zero-order chi connectivity index (χ0) is 8.97. The Hall–Kier alpha value is -0.640. The number of hydrogen-bond donors (Lipinski definition) is 0. The summed E-state index contributed by atoms with van der Waals surface area (Å²) in [5.74, 6) is 0.778. The number of nitrogens with zero attached hydrogens (tertiary/aromatic N) is 3. The van der Waals surface area contributed by atoms with E-state index in [1.807, 2.05) is 31.3 Å². The Morgan fingerprint density at radius 2 is 2.00 bits per heavy atom. The number of aryl methyl sites for hydroxylation is 1. The van der Waals surface area contributed by atoms with Crippen LogP contribution in [0.3, 0.4) is 0 Å². The normalized spacial score (nSPS) is 9.92. The van der Waals surface area contributed by atoms with Gasteiger partial charge in [-0.05, 0) is 12.5 Å². The monoisotopic (exact) mass is 229 g/mol. The van der Waals surface area contributed by atoms with Crippen LogP contribution in [0.1, 0.15) is 5.56 Å². The van der Waals surface area contributed by atoms with Gasteiger partial charge < -0.3 is 4.90 Å². The van der Waals surface area contributed by atoms with Crippen LogP contribution in [0.5, 0.6) is 0 Å². The van der Waals surface area contributed by atoms with Crippen LogP contribution in [0, 0.1) is 6.92 Å². The van der Waals surface area contributed by atoms with Crippen LogP contribution < -0.4 is 4.90 Å². The van der Waals surface area contributed by atoms with E-state index in [9.17, 15) is 0 Å². The van der Waals surface area contributed by atoms with Gasteiger partial charge in [0.05, 0.1) is 0 Å². The molecule has 3 nitrogen and oxygen atoms in total. The lowest BCUT2D eigenvalue weighted by atomic mass is 10.4. The van der Waals surface area contributed by atoms with Crippen molar-refractivity contribution in [2.75, 3.05) is 23.8 Å². The molecular weight excluding hydrogens is 218 g/mol. The summed E-state index contributed by atoms with van der Waals surface area (Å²) in [5, 5.41) is 0.931. The largest absolute Gasteiger partial charge is 0.343 e. The van der Waals surface area contributed by atoms with E-state index in [0.717, 1.165) is 23.4 Å². The highest BCUT2D eigenvalue weighted by Gasteiger charge is 2.00. The van der Waals surface area contributed by atoms with Crippen LogP contribution in [0.25, 0.3) is 0 Å². The molecule has 0 saturated carbocycles. The van der Waals surface area contributed by atoms with Gasteiger partial charge in [-0.3, -0.25) is 0 Å². The van der Waals surface area contributed by atoms with Crippen LogP contribution in [-0.4, -0.2) is 28.9 Å². The Balaban J connectivity index is 2.68. The summed E-state index contributed by atoms with van der Waals surface area (Å²) in [5.41, 5.74) is 1.09. The molecule has 12 heavy (non-hydrogen) atoms. The number of halogens is 1. The van der Waals surface area contributed by atoms with E-state index < -0.39 is 0 Å². The molecule has 1 aromatic rings. The van der Waals surface area contributed by atoms with Gasteiger partial charge in [0, 0.05) is 31.3 Å². The summed E-state index contributed by atoms with van der Waals surface area (Å²) in [4.78, 5) is 10.4. The minimum atomic E-state index is 0.778. The van der Waals surface area contributed by atoms with Gasteiger partial charge in [-0.2, -0.15) is 0 Å². The van der Waals surface area contributed by atoms with Crippen LogP contribution in [0.4, 0.5) is 5.95 Å². The molecular formula is C8H12BrN3. The second-order valence-corrected chi connectivity index (χ2v) is 3.46. The number of alkyl halides is 1. The fourth-order valence-electron chi connectivity index (χ4n) is 0.810. The molecule has 0 unspecified atom stereocenters. The van der Waals surface area contributed by atoms with Crippen LogP contribution in [0.2, 0.25) is 0 Å². The van der Waals surface area contributed by atoms with Gasteiger partial charge in [0.15, 0.2) is 0 Å². The van der Waals surface area contributed by atoms with Gasteiger partial charge in [0.2, 0.25) is 5.95 Å². The summed E-state index contributed by atoms with van der Waals surface area (Å²) in [7, 11) is 1.98. The highest BCUT2D eigenvalue weighted by atomic mass is 79.9. The average molecular weight is 230 g/mol. The van der Waals surface area contributed by atoms with E-state index in [1.165, 1.54) is 0 Å². The third kappa shape index (κ3) is 2.44. The van der Waals surface area contributed by atoms with Crippen LogP contribution >= 0.6 is 15.9 Å². The third-order valence-electron chi connectivity index (χ3n) is 1.53. The standard InChI is InChI=1S/C8H12BrN3/c1-7-5-10-8(11-6-7)12(2)4-3-9/h5-6H,3-4H2,1-2H3. The fraction of sp³-hybridized carbons (Fsp3) is 0.500. The number of anilines is 1. The quantitative estimate of drug-likeness (QED) is 0.739. The van der Waals surface area contributed by atoms with Crippen molar-refractivity contribution in [1.29, 1.82) is 0 Å². The first-order valence-electron chi connectivity index (χ1n) is 3.80. The second-order valence-electron chi connectivity index (χ2n) is 2.67. The van der Waals surface area contributed by atoms with Crippen LogP contribution in [-0.2, 0) is 0 Å². The van der Waals surface area contributed by atoms with Crippen molar-refractivity contribution in [2.24, 2.45) is 0 Å². The molecule has 1 heterocycles. The van der Waals surface area contributed by atoms with Crippen molar-refractivity contribution < 1.29 is 0 Å². The molecule has 0 aliphatic carbocycles. The number of rotatable bonds is 3. The second kappa shape index (κ2) is 4.40. The summed E-state index contributed by atoms with van der Waals surface area (Å²) in [6.45, 7) is 2.90. The van der Waals surface area contributed by atoms with E-state index in [0.29, 0.717) is 0 Å². The Labute approximate surface area is 81.0 Å². The molecule has 0 aliphatic rings. The van der Waals surface area contributed by atoms with Crippen molar-refractivity contribution in [2.45, 2.75) is 6.92 Å². The molecule has 0 amide bonds. The maximum atomic E-state index is 4.19. The number of hydrogen-bond acceptors (Lipinski definition) is 3. The smallest absolute Gasteiger partial charge is 0.225 e. The zero-order valence-corrected chi connectivity index (χ0v) is 8.87. The van der Waals surface area contributed by atoms with E-state index in [1.54, 1.807) is 0 Å². The molecule has 0 fully saturated rings. The summed E-state index contributed by atoms with van der Waals surface area (Å²) >= 11 is 3.36. The molecule has 0 radical (unpaired) electrons. The first-order valence-corrected chi connectivity index (χ1v) is 4.92. The van der Waals surface area contributed by atoms with Crippen molar-refractivity contribution in [3.63, 3.8) is 0 Å². The van der Waals surface area contributed by atoms with E-state index >= 15 is 0 Å². The van der Waals surface area contributed by atoms with Gasteiger partial charge in [-0.15, -0.1) is 0 Å². The van der Waals surface area contributed by atoms with Gasteiger partial charge >= 0.3 is 0 Å². The Kier molecular flexibility index (Phi) is 3.47. The Bertz CT molecular complexity index is 235. The molecule has 66 valence electrons.